The summed E-state index contributed by atoms with van der Waals surface area (Å²) < 4.78 is 25.0. The van der Waals surface area contributed by atoms with Gasteiger partial charge in [-0.15, -0.1) is 0 Å². The van der Waals surface area contributed by atoms with Gasteiger partial charge in [-0.1, -0.05) is 6.92 Å². The average Bonchev–Trinajstić information content (AvgIpc) is 2.36. The zero-order valence-corrected chi connectivity index (χ0v) is 13.5. The summed E-state index contributed by atoms with van der Waals surface area (Å²) in [5.74, 6) is 2.14. The van der Waals surface area contributed by atoms with Gasteiger partial charge in [0.2, 0.25) is 10.0 Å². The second-order valence-electron chi connectivity index (χ2n) is 4.52. The van der Waals surface area contributed by atoms with E-state index in [1.807, 2.05) is 23.9 Å². The van der Waals surface area contributed by atoms with Crippen molar-refractivity contribution >= 4 is 27.5 Å². The van der Waals surface area contributed by atoms with Gasteiger partial charge in [-0.2, -0.15) is 11.8 Å². The summed E-state index contributed by atoms with van der Waals surface area (Å²) in [6.07, 6.45) is 0. The van der Waals surface area contributed by atoms with Gasteiger partial charge in [0.1, 0.15) is 0 Å². The maximum atomic E-state index is 11.9. The van der Waals surface area contributed by atoms with Crippen molar-refractivity contribution in [2.45, 2.75) is 24.8 Å². The lowest BCUT2D eigenvalue weighted by Gasteiger charge is -2.16. The van der Waals surface area contributed by atoms with Crippen LogP contribution < -0.4 is 5.32 Å². The van der Waals surface area contributed by atoms with Crippen molar-refractivity contribution in [1.29, 1.82) is 0 Å². The predicted octanol–water partition coefficient (Wildman–Crippen LogP) is 2.49. The van der Waals surface area contributed by atoms with Gasteiger partial charge in [0, 0.05) is 31.6 Å². The molecular weight excluding hydrogens is 280 g/mol. The Morgan fingerprint density at radius 2 is 1.84 bits per heavy atom. The van der Waals surface area contributed by atoms with Crippen LogP contribution in [0.1, 0.15) is 13.8 Å². The molecule has 0 aliphatic rings. The first-order chi connectivity index (χ1) is 8.87. The van der Waals surface area contributed by atoms with Crippen LogP contribution >= 0.6 is 11.8 Å². The van der Waals surface area contributed by atoms with Gasteiger partial charge in [-0.25, -0.2) is 12.7 Å². The Bertz CT molecular complexity index is 484. The van der Waals surface area contributed by atoms with Crippen LogP contribution in [0.3, 0.4) is 0 Å². The largest absolute Gasteiger partial charge is 0.382 e. The second-order valence-corrected chi connectivity index (χ2v) is 7.99. The molecule has 0 radical (unpaired) electrons. The van der Waals surface area contributed by atoms with Gasteiger partial charge in [0.15, 0.2) is 0 Å². The van der Waals surface area contributed by atoms with Crippen molar-refractivity contribution in [3.8, 4) is 0 Å². The zero-order valence-electron chi connectivity index (χ0n) is 11.9. The van der Waals surface area contributed by atoms with E-state index in [4.69, 9.17) is 0 Å². The zero-order chi connectivity index (χ0) is 14.5. The highest BCUT2D eigenvalue weighted by atomic mass is 32.2. The minimum atomic E-state index is -3.33. The SMILES string of the molecule is CCSCC(C)Nc1ccc(S(=O)(=O)N(C)C)cc1. The smallest absolute Gasteiger partial charge is 0.242 e. The van der Waals surface area contributed by atoms with E-state index >= 15 is 0 Å². The monoisotopic (exact) mass is 302 g/mol. The topological polar surface area (TPSA) is 49.4 Å². The van der Waals surface area contributed by atoms with Crippen LogP contribution in [0.25, 0.3) is 0 Å². The highest BCUT2D eigenvalue weighted by molar-refractivity contribution is 7.99. The van der Waals surface area contributed by atoms with E-state index < -0.39 is 10.0 Å². The van der Waals surface area contributed by atoms with Gasteiger partial charge in [-0.05, 0) is 36.9 Å². The van der Waals surface area contributed by atoms with Crippen molar-refractivity contribution in [2.75, 3.05) is 30.9 Å². The van der Waals surface area contributed by atoms with Gasteiger partial charge in [0.25, 0.3) is 0 Å². The molecule has 0 heterocycles. The normalized spacial score (nSPS) is 13.5. The molecule has 0 aliphatic carbocycles. The summed E-state index contributed by atoms with van der Waals surface area (Å²) in [6.45, 7) is 4.26. The van der Waals surface area contributed by atoms with Crippen LogP contribution in [0, 0.1) is 0 Å². The van der Waals surface area contributed by atoms with E-state index in [0.717, 1.165) is 17.2 Å². The first kappa shape index (κ1) is 16.3. The molecule has 1 rings (SSSR count). The quantitative estimate of drug-likeness (QED) is 0.841. The van der Waals surface area contributed by atoms with Crippen LogP contribution in [0.5, 0.6) is 0 Å². The Balaban J connectivity index is 2.72. The molecule has 6 heteroatoms. The van der Waals surface area contributed by atoms with Crippen molar-refractivity contribution < 1.29 is 8.42 Å². The lowest BCUT2D eigenvalue weighted by Crippen LogP contribution is -2.22. The van der Waals surface area contributed by atoms with Gasteiger partial charge < -0.3 is 5.32 Å². The van der Waals surface area contributed by atoms with E-state index in [-0.39, 0.29) is 0 Å². The number of benzene rings is 1. The van der Waals surface area contributed by atoms with Crippen LogP contribution in [0.15, 0.2) is 29.2 Å². The van der Waals surface area contributed by atoms with E-state index in [0.29, 0.717) is 10.9 Å². The summed E-state index contributed by atoms with van der Waals surface area (Å²) in [5.41, 5.74) is 0.946. The summed E-state index contributed by atoms with van der Waals surface area (Å²) in [7, 11) is -0.268. The molecular formula is C13H22N2O2S2. The number of sulfonamides is 1. The molecule has 1 aromatic rings. The van der Waals surface area contributed by atoms with Crippen LogP contribution in [0.4, 0.5) is 5.69 Å². The fourth-order valence-corrected chi connectivity index (χ4v) is 3.13. The summed E-state index contributed by atoms with van der Waals surface area (Å²) >= 11 is 1.88. The van der Waals surface area contributed by atoms with Crippen LogP contribution in [0.2, 0.25) is 0 Å². The van der Waals surface area contributed by atoms with Gasteiger partial charge in [0.05, 0.1) is 4.90 Å². The number of thioether (sulfide) groups is 1. The number of anilines is 1. The van der Waals surface area contributed by atoms with E-state index in [1.165, 1.54) is 18.4 Å². The van der Waals surface area contributed by atoms with Crippen LogP contribution in [-0.2, 0) is 10.0 Å². The average molecular weight is 302 g/mol. The fraction of sp³-hybridized carbons (Fsp3) is 0.538. The molecule has 0 fully saturated rings. The lowest BCUT2D eigenvalue weighted by molar-refractivity contribution is 0.521. The Hall–Kier alpha value is -0.720. The Morgan fingerprint density at radius 1 is 1.26 bits per heavy atom. The standard InChI is InChI=1S/C13H22N2O2S2/c1-5-18-10-11(2)14-12-6-8-13(9-7-12)19(16,17)15(3)4/h6-9,11,14H,5,10H2,1-4H3. The molecule has 0 spiro atoms. The molecule has 1 aromatic carbocycles. The molecule has 0 saturated carbocycles. The number of nitrogens with zero attached hydrogens (tertiary/aromatic N) is 1. The third-order valence-electron chi connectivity index (χ3n) is 2.62. The molecule has 108 valence electrons. The van der Waals surface area contributed by atoms with Gasteiger partial charge in [-0.3, -0.25) is 0 Å². The Morgan fingerprint density at radius 3 is 2.32 bits per heavy atom. The third-order valence-corrected chi connectivity index (χ3v) is 5.59. The summed E-state index contributed by atoms with van der Waals surface area (Å²) in [5, 5.41) is 3.36. The molecule has 0 amide bonds. The molecule has 0 saturated heterocycles. The maximum absolute atomic E-state index is 11.9. The molecule has 0 aromatic heterocycles. The molecule has 0 aliphatic heterocycles. The number of hydrogen-bond donors (Lipinski definition) is 1. The van der Waals surface area contributed by atoms with Crippen molar-refractivity contribution in [3.05, 3.63) is 24.3 Å². The highest BCUT2D eigenvalue weighted by Gasteiger charge is 2.16. The Labute approximate surface area is 120 Å². The third kappa shape index (κ3) is 4.71. The van der Waals surface area contributed by atoms with Crippen LogP contribution in [-0.4, -0.2) is 44.4 Å². The number of rotatable bonds is 7. The molecule has 19 heavy (non-hydrogen) atoms. The predicted molar refractivity (Wildman–Crippen MR) is 83.4 cm³/mol. The summed E-state index contributed by atoms with van der Waals surface area (Å²) in [6, 6.07) is 7.25. The number of hydrogen-bond acceptors (Lipinski definition) is 4. The minimum Gasteiger partial charge on any atom is -0.382 e. The van der Waals surface area contributed by atoms with E-state index in [2.05, 4.69) is 19.2 Å². The first-order valence-electron chi connectivity index (χ1n) is 6.24. The van der Waals surface area contributed by atoms with E-state index in [9.17, 15) is 8.42 Å². The van der Waals surface area contributed by atoms with E-state index in [1.54, 1.807) is 12.1 Å². The minimum absolute atomic E-state index is 0.318. The molecule has 1 unspecified atom stereocenters. The van der Waals surface area contributed by atoms with Gasteiger partial charge >= 0.3 is 0 Å². The van der Waals surface area contributed by atoms with Crippen molar-refractivity contribution in [2.24, 2.45) is 0 Å². The molecule has 1 N–H and O–H groups in total. The molecule has 0 bridgehead atoms. The fourth-order valence-electron chi connectivity index (χ4n) is 1.55. The number of nitrogens with one attached hydrogen (secondary N) is 1. The Kier molecular flexibility index (Phi) is 6.16. The molecule has 1 atom stereocenters. The lowest BCUT2D eigenvalue weighted by atomic mass is 10.3. The maximum Gasteiger partial charge on any atom is 0.242 e. The summed E-state index contributed by atoms with van der Waals surface area (Å²) in [4.78, 5) is 0.318. The van der Waals surface area contributed by atoms with Crippen molar-refractivity contribution in [1.82, 2.24) is 4.31 Å². The second kappa shape index (κ2) is 7.17. The van der Waals surface area contributed by atoms with Crippen molar-refractivity contribution in [3.63, 3.8) is 0 Å². The molecule has 4 nitrogen and oxygen atoms in total. The highest BCUT2D eigenvalue weighted by Crippen LogP contribution is 2.17. The first-order valence-corrected chi connectivity index (χ1v) is 8.84.